The van der Waals surface area contributed by atoms with Gasteiger partial charge in [0.15, 0.2) is 6.04 Å². The third-order valence-corrected chi connectivity index (χ3v) is 1.61. The van der Waals surface area contributed by atoms with Crippen molar-refractivity contribution in [2.75, 3.05) is 13.2 Å². The SMILES string of the molecule is C=CCOC(=O)N[C@@H](COC(C)(C)C)C(=O)O. The smallest absolute Gasteiger partial charge is 0.408 e. The summed E-state index contributed by atoms with van der Waals surface area (Å²) < 4.78 is 9.90. The molecule has 0 aliphatic carbocycles. The molecular formula is C11H19NO5. The average Bonchev–Trinajstić information content (AvgIpc) is 2.19. The first kappa shape index (κ1) is 15.4. The van der Waals surface area contributed by atoms with Crippen LogP contribution in [-0.4, -0.2) is 42.0 Å². The minimum Gasteiger partial charge on any atom is -0.480 e. The molecule has 0 spiro atoms. The Morgan fingerprint density at radius 2 is 2.06 bits per heavy atom. The van der Waals surface area contributed by atoms with E-state index in [2.05, 4.69) is 16.6 Å². The lowest BCUT2D eigenvalue weighted by atomic mass is 10.2. The highest BCUT2D eigenvalue weighted by molar-refractivity contribution is 5.80. The minimum atomic E-state index is -1.18. The standard InChI is InChI=1S/C11H19NO5/c1-5-6-16-10(15)12-8(9(13)14)7-17-11(2,3)4/h5,8H,1,6-7H2,2-4H3,(H,12,15)(H,13,14)/t8-/m0/s1. The molecule has 0 radical (unpaired) electrons. The van der Waals surface area contributed by atoms with Crippen molar-refractivity contribution in [3.05, 3.63) is 12.7 Å². The Morgan fingerprint density at radius 3 is 2.47 bits per heavy atom. The van der Waals surface area contributed by atoms with E-state index >= 15 is 0 Å². The zero-order valence-corrected chi connectivity index (χ0v) is 10.4. The lowest BCUT2D eigenvalue weighted by molar-refractivity contribution is -0.142. The van der Waals surface area contributed by atoms with E-state index in [1.807, 2.05) is 0 Å². The molecule has 0 unspecified atom stereocenters. The Labute approximate surface area is 101 Å². The molecule has 0 aliphatic rings. The molecule has 0 saturated heterocycles. The van der Waals surface area contributed by atoms with Crippen molar-refractivity contribution in [3.63, 3.8) is 0 Å². The molecule has 0 heterocycles. The van der Waals surface area contributed by atoms with E-state index in [-0.39, 0.29) is 13.2 Å². The Kier molecular flexibility index (Phi) is 6.27. The van der Waals surface area contributed by atoms with Gasteiger partial charge in [-0.2, -0.15) is 0 Å². The first-order valence-electron chi connectivity index (χ1n) is 5.17. The van der Waals surface area contributed by atoms with Crippen LogP contribution in [0.2, 0.25) is 0 Å². The third kappa shape index (κ3) is 8.27. The van der Waals surface area contributed by atoms with Crippen molar-refractivity contribution in [1.82, 2.24) is 5.32 Å². The van der Waals surface area contributed by atoms with Gasteiger partial charge in [-0.3, -0.25) is 0 Å². The molecule has 0 aromatic heterocycles. The van der Waals surface area contributed by atoms with Crippen molar-refractivity contribution in [3.8, 4) is 0 Å². The number of carboxylic acid groups (broad SMARTS) is 1. The topological polar surface area (TPSA) is 84.9 Å². The summed E-state index contributed by atoms with van der Waals surface area (Å²) in [5.74, 6) is -1.18. The van der Waals surface area contributed by atoms with Crippen LogP contribution in [0, 0.1) is 0 Å². The molecule has 2 N–H and O–H groups in total. The van der Waals surface area contributed by atoms with Crippen LogP contribution in [0.5, 0.6) is 0 Å². The maximum Gasteiger partial charge on any atom is 0.408 e. The van der Waals surface area contributed by atoms with E-state index in [1.54, 1.807) is 20.8 Å². The van der Waals surface area contributed by atoms with Gasteiger partial charge in [0.05, 0.1) is 12.2 Å². The van der Waals surface area contributed by atoms with Crippen LogP contribution < -0.4 is 5.32 Å². The van der Waals surface area contributed by atoms with Crippen LogP contribution in [0.25, 0.3) is 0 Å². The number of hydrogen-bond acceptors (Lipinski definition) is 4. The van der Waals surface area contributed by atoms with Crippen molar-refractivity contribution in [1.29, 1.82) is 0 Å². The number of aliphatic carboxylic acids is 1. The van der Waals surface area contributed by atoms with Gasteiger partial charge in [-0.1, -0.05) is 12.7 Å². The summed E-state index contributed by atoms with van der Waals surface area (Å²) in [6.07, 6.45) is 0.580. The fourth-order valence-electron chi connectivity index (χ4n) is 0.827. The number of hydrogen-bond donors (Lipinski definition) is 2. The quantitative estimate of drug-likeness (QED) is 0.686. The molecule has 1 atom stereocenters. The summed E-state index contributed by atoms with van der Waals surface area (Å²) in [5, 5.41) is 11.1. The Morgan fingerprint density at radius 1 is 1.47 bits per heavy atom. The second-order valence-electron chi connectivity index (χ2n) is 4.35. The predicted octanol–water partition coefficient (Wildman–Crippen LogP) is 1.17. The van der Waals surface area contributed by atoms with Crippen molar-refractivity contribution < 1.29 is 24.2 Å². The van der Waals surface area contributed by atoms with E-state index < -0.39 is 23.7 Å². The van der Waals surface area contributed by atoms with E-state index in [4.69, 9.17) is 9.84 Å². The van der Waals surface area contributed by atoms with Crippen molar-refractivity contribution >= 4 is 12.1 Å². The van der Waals surface area contributed by atoms with Gasteiger partial charge in [-0.25, -0.2) is 9.59 Å². The number of alkyl carbamates (subject to hydrolysis) is 1. The molecule has 17 heavy (non-hydrogen) atoms. The van der Waals surface area contributed by atoms with Crippen LogP contribution in [0.4, 0.5) is 4.79 Å². The second-order valence-corrected chi connectivity index (χ2v) is 4.35. The van der Waals surface area contributed by atoms with Gasteiger partial charge in [-0.05, 0) is 20.8 Å². The molecule has 0 aliphatic heterocycles. The summed E-state index contributed by atoms with van der Waals surface area (Å²) in [6.45, 7) is 8.65. The molecular weight excluding hydrogens is 226 g/mol. The lowest BCUT2D eigenvalue weighted by Gasteiger charge is -2.22. The third-order valence-electron chi connectivity index (χ3n) is 1.61. The van der Waals surface area contributed by atoms with E-state index in [0.717, 1.165) is 0 Å². The van der Waals surface area contributed by atoms with Crippen LogP contribution in [-0.2, 0) is 14.3 Å². The van der Waals surface area contributed by atoms with Crippen LogP contribution in [0.15, 0.2) is 12.7 Å². The number of carboxylic acids is 1. The van der Waals surface area contributed by atoms with Gasteiger partial charge in [-0.15, -0.1) is 0 Å². The predicted molar refractivity (Wildman–Crippen MR) is 61.8 cm³/mol. The molecule has 98 valence electrons. The van der Waals surface area contributed by atoms with Crippen molar-refractivity contribution in [2.45, 2.75) is 32.4 Å². The summed E-state index contributed by atoms with van der Waals surface area (Å²) in [6, 6.07) is -1.13. The number of rotatable bonds is 6. The van der Waals surface area contributed by atoms with Crippen LogP contribution in [0.3, 0.4) is 0 Å². The van der Waals surface area contributed by atoms with E-state index in [9.17, 15) is 9.59 Å². The number of carbonyl (C=O) groups is 2. The number of carbonyl (C=O) groups excluding carboxylic acids is 1. The van der Waals surface area contributed by atoms with Gasteiger partial charge in [0.1, 0.15) is 6.61 Å². The zero-order valence-electron chi connectivity index (χ0n) is 10.4. The molecule has 6 heteroatoms. The molecule has 0 saturated carbocycles. The lowest BCUT2D eigenvalue weighted by Crippen LogP contribution is -2.45. The summed E-state index contributed by atoms with van der Waals surface area (Å²) in [4.78, 5) is 22.0. The van der Waals surface area contributed by atoms with Gasteiger partial charge in [0.25, 0.3) is 0 Å². The monoisotopic (exact) mass is 245 g/mol. The van der Waals surface area contributed by atoms with Gasteiger partial charge in [0, 0.05) is 0 Å². The molecule has 0 rings (SSSR count). The molecule has 6 nitrogen and oxygen atoms in total. The second kappa shape index (κ2) is 6.90. The Hall–Kier alpha value is -1.56. The fourth-order valence-corrected chi connectivity index (χ4v) is 0.827. The zero-order chi connectivity index (χ0) is 13.5. The fraction of sp³-hybridized carbons (Fsp3) is 0.636. The molecule has 0 bridgehead atoms. The van der Waals surface area contributed by atoms with Crippen LogP contribution in [0.1, 0.15) is 20.8 Å². The van der Waals surface area contributed by atoms with Crippen LogP contribution >= 0.6 is 0 Å². The molecule has 1 amide bonds. The first-order valence-corrected chi connectivity index (χ1v) is 5.17. The van der Waals surface area contributed by atoms with Gasteiger partial charge in [0.2, 0.25) is 0 Å². The summed E-state index contributed by atoms with van der Waals surface area (Å²) >= 11 is 0. The maximum absolute atomic E-state index is 11.1. The Balaban J connectivity index is 4.20. The normalized spacial score (nSPS) is 12.6. The molecule has 0 fully saturated rings. The van der Waals surface area contributed by atoms with Gasteiger partial charge >= 0.3 is 12.1 Å². The Bertz CT molecular complexity index is 282. The highest BCUT2D eigenvalue weighted by Crippen LogP contribution is 2.07. The largest absolute Gasteiger partial charge is 0.480 e. The summed E-state index contributed by atoms with van der Waals surface area (Å²) in [7, 11) is 0. The average molecular weight is 245 g/mol. The first-order chi connectivity index (χ1) is 7.76. The maximum atomic E-state index is 11.1. The van der Waals surface area contributed by atoms with Gasteiger partial charge < -0.3 is 19.9 Å². The highest BCUT2D eigenvalue weighted by atomic mass is 16.5. The van der Waals surface area contributed by atoms with E-state index in [1.165, 1.54) is 6.08 Å². The molecule has 0 aromatic carbocycles. The number of nitrogens with one attached hydrogen (secondary N) is 1. The summed E-state index contributed by atoms with van der Waals surface area (Å²) in [5.41, 5.74) is -0.472. The van der Waals surface area contributed by atoms with E-state index in [0.29, 0.717) is 0 Å². The highest BCUT2D eigenvalue weighted by Gasteiger charge is 2.23. The molecule has 0 aromatic rings. The number of ether oxygens (including phenoxy) is 2. The minimum absolute atomic E-state index is 0.0261. The van der Waals surface area contributed by atoms with Crippen molar-refractivity contribution in [2.24, 2.45) is 0 Å². The number of amides is 1.